The van der Waals surface area contributed by atoms with Crippen molar-refractivity contribution < 1.29 is 14.2 Å². The van der Waals surface area contributed by atoms with Crippen LogP contribution in [-0.4, -0.2) is 31.9 Å². The van der Waals surface area contributed by atoms with E-state index in [1.165, 1.54) is 12.1 Å². The second-order valence-corrected chi connectivity index (χ2v) is 6.38. The number of halogens is 1. The van der Waals surface area contributed by atoms with Crippen LogP contribution in [0.3, 0.4) is 0 Å². The summed E-state index contributed by atoms with van der Waals surface area (Å²) in [5, 5.41) is 14.8. The Morgan fingerprint density at radius 2 is 2.23 bits per heavy atom. The first-order valence-corrected chi connectivity index (χ1v) is 8.26. The lowest BCUT2D eigenvalue weighted by molar-refractivity contribution is -0.0441. The van der Waals surface area contributed by atoms with Gasteiger partial charge in [0.2, 0.25) is 0 Å². The highest BCUT2D eigenvalue weighted by molar-refractivity contribution is 5.33. The van der Waals surface area contributed by atoms with Crippen LogP contribution < -0.4 is 5.32 Å². The third-order valence-electron chi connectivity index (χ3n) is 4.79. The highest BCUT2D eigenvalue weighted by Crippen LogP contribution is 2.39. The van der Waals surface area contributed by atoms with E-state index in [4.69, 9.17) is 4.74 Å². The second-order valence-electron chi connectivity index (χ2n) is 6.38. The largest absolute Gasteiger partial charge is 0.385 e. The molecule has 1 aliphatic rings. The Hall–Kier alpha value is -0.970. The molecule has 22 heavy (non-hydrogen) atoms. The molecule has 1 aliphatic heterocycles. The standard InChI is InChI=1S/C18H28FNO2/c1-14-7-8-16(19)12-17(14)18(21,9-3-4-11-22-2)15-6-5-10-20-13-15/h7-8,12,15,20-21H,3-6,9-11,13H2,1-2H3. The van der Waals surface area contributed by atoms with Gasteiger partial charge >= 0.3 is 0 Å². The van der Waals surface area contributed by atoms with Crippen LogP contribution in [0.2, 0.25) is 0 Å². The maximum atomic E-state index is 13.7. The Bertz CT molecular complexity index is 474. The Morgan fingerprint density at radius 1 is 1.41 bits per heavy atom. The molecule has 0 amide bonds. The van der Waals surface area contributed by atoms with Crippen LogP contribution in [0.4, 0.5) is 4.39 Å². The maximum absolute atomic E-state index is 13.7. The highest BCUT2D eigenvalue weighted by Gasteiger charge is 2.39. The Labute approximate surface area is 132 Å². The minimum Gasteiger partial charge on any atom is -0.385 e. The van der Waals surface area contributed by atoms with Crippen LogP contribution in [0.25, 0.3) is 0 Å². The molecule has 1 aromatic carbocycles. The van der Waals surface area contributed by atoms with Crippen LogP contribution in [0.15, 0.2) is 18.2 Å². The Morgan fingerprint density at radius 3 is 2.91 bits per heavy atom. The minimum atomic E-state index is -0.965. The average molecular weight is 309 g/mol. The summed E-state index contributed by atoms with van der Waals surface area (Å²) >= 11 is 0. The van der Waals surface area contributed by atoms with Gasteiger partial charge in [0, 0.05) is 26.2 Å². The monoisotopic (exact) mass is 309 g/mol. The number of hydrogen-bond donors (Lipinski definition) is 2. The lowest BCUT2D eigenvalue weighted by atomic mass is 9.73. The number of ether oxygens (including phenoxy) is 1. The lowest BCUT2D eigenvalue weighted by Gasteiger charge is -2.40. The van der Waals surface area contributed by atoms with Crippen molar-refractivity contribution in [2.75, 3.05) is 26.8 Å². The molecule has 1 heterocycles. The fourth-order valence-corrected chi connectivity index (χ4v) is 3.52. The summed E-state index contributed by atoms with van der Waals surface area (Å²) in [6.07, 6.45) is 4.46. The van der Waals surface area contributed by atoms with E-state index < -0.39 is 5.60 Å². The van der Waals surface area contributed by atoms with Crippen molar-refractivity contribution in [1.82, 2.24) is 5.32 Å². The van der Waals surface area contributed by atoms with Crippen molar-refractivity contribution in [1.29, 1.82) is 0 Å². The van der Waals surface area contributed by atoms with E-state index in [1.807, 2.05) is 6.92 Å². The molecule has 2 atom stereocenters. The number of nitrogens with one attached hydrogen (secondary N) is 1. The molecule has 0 spiro atoms. The van der Waals surface area contributed by atoms with E-state index in [2.05, 4.69) is 5.32 Å². The molecule has 0 aromatic heterocycles. The minimum absolute atomic E-state index is 0.129. The zero-order chi connectivity index (χ0) is 16.0. The van der Waals surface area contributed by atoms with Crippen molar-refractivity contribution >= 4 is 0 Å². The number of methoxy groups -OCH3 is 1. The molecule has 124 valence electrons. The van der Waals surface area contributed by atoms with E-state index in [-0.39, 0.29) is 11.7 Å². The molecule has 1 saturated heterocycles. The van der Waals surface area contributed by atoms with Gasteiger partial charge in [0.1, 0.15) is 5.82 Å². The molecule has 1 fully saturated rings. The van der Waals surface area contributed by atoms with Gasteiger partial charge in [-0.05, 0) is 68.8 Å². The molecule has 0 saturated carbocycles. The van der Waals surface area contributed by atoms with Gasteiger partial charge in [-0.2, -0.15) is 0 Å². The Kier molecular flexibility index (Phi) is 6.36. The molecule has 1 aromatic rings. The summed E-state index contributed by atoms with van der Waals surface area (Å²) in [5.41, 5.74) is 0.743. The molecule has 0 aliphatic carbocycles. The van der Waals surface area contributed by atoms with Crippen LogP contribution in [0.1, 0.15) is 43.2 Å². The van der Waals surface area contributed by atoms with Crippen molar-refractivity contribution in [3.63, 3.8) is 0 Å². The van der Waals surface area contributed by atoms with E-state index in [0.717, 1.165) is 49.9 Å². The first-order valence-electron chi connectivity index (χ1n) is 8.26. The molecular formula is C18H28FNO2. The van der Waals surface area contributed by atoms with Gasteiger partial charge in [-0.1, -0.05) is 6.07 Å². The normalized spacial score (nSPS) is 21.5. The zero-order valence-corrected chi connectivity index (χ0v) is 13.7. The number of benzene rings is 1. The van der Waals surface area contributed by atoms with Crippen molar-refractivity contribution in [2.24, 2.45) is 5.92 Å². The maximum Gasteiger partial charge on any atom is 0.123 e. The van der Waals surface area contributed by atoms with Crippen LogP contribution in [-0.2, 0) is 10.3 Å². The molecule has 0 bridgehead atoms. The number of piperidine rings is 1. The molecule has 2 N–H and O–H groups in total. The summed E-state index contributed by atoms with van der Waals surface area (Å²) < 4.78 is 18.8. The summed E-state index contributed by atoms with van der Waals surface area (Å²) in [5.74, 6) is -0.149. The van der Waals surface area contributed by atoms with Gasteiger partial charge < -0.3 is 15.2 Å². The first-order chi connectivity index (χ1) is 10.6. The van der Waals surface area contributed by atoms with Crippen LogP contribution >= 0.6 is 0 Å². The van der Waals surface area contributed by atoms with Gasteiger partial charge in [0.25, 0.3) is 0 Å². The van der Waals surface area contributed by atoms with Crippen LogP contribution in [0.5, 0.6) is 0 Å². The smallest absolute Gasteiger partial charge is 0.123 e. The number of aryl methyl sites for hydroxylation is 1. The molecule has 4 heteroatoms. The summed E-state index contributed by atoms with van der Waals surface area (Å²) in [4.78, 5) is 0. The third-order valence-corrected chi connectivity index (χ3v) is 4.79. The number of aliphatic hydroxyl groups is 1. The second kappa shape index (κ2) is 8.04. The lowest BCUT2D eigenvalue weighted by Crippen LogP contribution is -2.44. The van der Waals surface area contributed by atoms with E-state index in [1.54, 1.807) is 13.2 Å². The van der Waals surface area contributed by atoms with Gasteiger partial charge in [-0.25, -0.2) is 4.39 Å². The van der Waals surface area contributed by atoms with E-state index >= 15 is 0 Å². The fraction of sp³-hybridized carbons (Fsp3) is 0.667. The SMILES string of the molecule is COCCCCC(O)(c1cc(F)ccc1C)C1CCCNC1. The van der Waals surface area contributed by atoms with Crippen molar-refractivity contribution in [3.05, 3.63) is 35.1 Å². The van der Waals surface area contributed by atoms with Gasteiger partial charge in [-0.15, -0.1) is 0 Å². The molecule has 3 nitrogen and oxygen atoms in total. The quantitative estimate of drug-likeness (QED) is 0.760. The number of unbranched alkanes of at least 4 members (excludes halogenated alkanes) is 1. The molecule has 0 radical (unpaired) electrons. The van der Waals surface area contributed by atoms with Crippen LogP contribution in [0, 0.1) is 18.7 Å². The predicted octanol–water partition coefficient (Wildman–Crippen LogP) is 3.14. The fourth-order valence-electron chi connectivity index (χ4n) is 3.52. The predicted molar refractivity (Wildman–Crippen MR) is 86.4 cm³/mol. The molecular weight excluding hydrogens is 281 g/mol. The molecule has 2 unspecified atom stereocenters. The zero-order valence-electron chi connectivity index (χ0n) is 13.7. The van der Waals surface area contributed by atoms with Gasteiger partial charge in [-0.3, -0.25) is 0 Å². The van der Waals surface area contributed by atoms with Crippen molar-refractivity contribution in [3.8, 4) is 0 Å². The Balaban J connectivity index is 2.24. The number of hydrogen-bond acceptors (Lipinski definition) is 3. The van der Waals surface area contributed by atoms with Gasteiger partial charge in [0.15, 0.2) is 0 Å². The van der Waals surface area contributed by atoms with E-state index in [9.17, 15) is 9.50 Å². The highest BCUT2D eigenvalue weighted by atomic mass is 19.1. The average Bonchev–Trinajstić information content (AvgIpc) is 2.54. The number of rotatable bonds is 7. The molecule has 2 rings (SSSR count). The summed E-state index contributed by atoms with van der Waals surface area (Å²) in [6.45, 7) is 4.43. The first kappa shape index (κ1) is 17.4. The van der Waals surface area contributed by atoms with Gasteiger partial charge in [0.05, 0.1) is 5.60 Å². The third kappa shape index (κ3) is 4.06. The summed E-state index contributed by atoms with van der Waals surface area (Å²) in [6, 6.07) is 4.74. The topological polar surface area (TPSA) is 41.5 Å². The summed E-state index contributed by atoms with van der Waals surface area (Å²) in [7, 11) is 1.69. The van der Waals surface area contributed by atoms with E-state index in [0.29, 0.717) is 13.0 Å². The van der Waals surface area contributed by atoms with Crippen molar-refractivity contribution in [2.45, 2.75) is 44.6 Å².